The van der Waals surface area contributed by atoms with Crippen molar-refractivity contribution >= 4 is 6.09 Å². The maximum atomic E-state index is 11.4. The number of carbonyl (C=O) groups is 1. The zero-order valence-electron chi connectivity index (χ0n) is 10.9. The lowest BCUT2D eigenvalue weighted by Gasteiger charge is -2.23. The molecule has 0 aliphatic heterocycles. The van der Waals surface area contributed by atoms with Crippen LogP contribution in [0.3, 0.4) is 0 Å². The number of amides is 1. The van der Waals surface area contributed by atoms with Crippen LogP contribution < -0.4 is 5.43 Å². The molecule has 0 rings (SSSR count). The summed E-state index contributed by atoms with van der Waals surface area (Å²) in [5.41, 5.74) is 2.21. The number of ether oxygens (including phenoxy) is 1. The number of nitrogens with one attached hydrogen (secondary N) is 1. The van der Waals surface area contributed by atoms with Crippen LogP contribution in [-0.2, 0) is 4.74 Å². The summed E-state index contributed by atoms with van der Waals surface area (Å²) < 4.78 is 5.13. The fourth-order valence-corrected chi connectivity index (χ4v) is 1.15. The normalized spacial score (nSPS) is 11.3. The van der Waals surface area contributed by atoms with Gasteiger partial charge >= 0.3 is 6.09 Å². The van der Waals surface area contributed by atoms with E-state index in [0.717, 1.165) is 25.8 Å². The summed E-state index contributed by atoms with van der Waals surface area (Å²) >= 11 is 0. The molecule has 0 unspecified atom stereocenters. The van der Waals surface area contributed by atoms with Crippen LogP contribution in [0.25, 0.3) is 0 Å². The topological polar surface area (TPSA) is 41.6 Å². The molecule has 0 fully saturated rings. The van der Waals surface area contributed by atoms with Crippen molar-refractivity contribution < 1.29 is 9.53 Å². The standard InChI is InChI=1S/C12H24N2O2/c1-6-7-8-9-10-14(5)13-11(15)16-12(2,3)4/h6H,1,7-10H2,2-5H3,(H,13,15). The predicted octanol–water partition coefficient (Wildman–Crippen LogP) is 2.71. The van der Waals surface area contributed by atoms with Gasteiger partial charge in [0.15, 0.2) is 0 Å². The van der Waals surface area contributed by atoms with Gasteiger partial charge in [0.1, 0.15) is 5.60 Å². The van der Waals surface area contributed by atoms with Crippen molar-refractivity contribution in [3.8, 4) is 0 Å². The Hall–Kier alpha value is -1.03. The van der Waals surface area contributed by atoms with Gasteiger partial charge in [0.2, 0.25) is 0 Å². The van der Waals surface area contributed by atoms with E-state index >= 15 is 0 Å². The summed E-state index contributed by atoms with van der Waals surface area (Å²) in [6.07, 6.45) is 4.63. The number of allylic oxidation sites excluding steroid dienone is 1. The summed E-state index contributed by atoms with van der Waals surface area (Å²) in [7, 11) is 1.83. The molecule has 0 aliphatic rings. The summed E-state index contributed by atoms with van der Waals surface area (Å²) in [6.45, 7) is 10.0. The molecule has 0 atom stereocenters. The van der Waals surface area contributed by atoms with Crippen LogP contribution in [0, 0.1) is 0 Å². The van der Waals surface area contributed by atoms with E-state index in [1.165, 1.54) is 0 Å². The van der Waals surface area contributed by atoms with E-state index < -0.39 is 11.7 Å². The molecule has 0 spiro atoms. The van der Waals surface area contributed by atoms with Crippen LogP contribution in [0.4, 0.5) is 4.79 Å². The lowest BCUT2D eigenvalue weighted by atomic mass is 10.2. The first-order chi connectivity index (χ1) is 7.35. The van der Waals surface area contributed by atoms with E-state index in [2.05, 4.69) is 12.0 Å². The first-order valence-corrected chi connectivity index (χ1v) is 5.67. The second kappa shape index (κ2) is 7.28. The van der Waals surface area contributed by atoms with Gasteiger partial charge in [0.05, 0.1) is 0 Å². The molecule has 1 amide bonds. The van der Waals surface area contributed by atoms with E-state index in [9.17, 15) is 4.79 Å². The minimum atomic E-state index is -0.451. The van der Waals surface area contributed by atoms with Gasteiger partial charge in [-0.2, -0.15) is 0 Å². The Balaban J connectivity index is 3.66. The van der Waals surface area contributed by atoms with Gasteiger partial charge in [-0.1, -0.05) is 6.08 Å². The van der Waals surface area contributed by atoms with E-state index in [1.807, 2.05) is 33.9 Å². The van der Waals surface area contributed by atoms with E-state index in [-0.39, 0.29) is 0 Å². The molecule has 0 aromatic rings. The molecule has 0 aromatic carbocycles. The zero-order chi connectivity index (χ0) is 12.6. The molecule has 0 heterocycles. The van der Waals surface area contributed by atoms with Crippen molar-refractivity contribution in [3.05, 3.63) is 12.7 Å². The Morgan fingerprint density at radius 2 is 2.06 bits per heavy atom. The quantitative estimate of drug-likeness (QED) is 0.432. The molecule has 4 heteroatoms. The van der Waals surface area contributed by atoms with Gasteiger partial charge < -0.3 is 4.74 Å². The van der Waals surface area contributed by atoms with Crippen molar-refractivity contribution in [2.24, 2.45) is 0 Å². The fourth-order valence-electron chi connectivity index (χ4n) is 1.15. The van der Waals surface area contributed by atoms with Crippen molar-refractivity contribution in [1.29, 1.82) is 0 Å². The van der Waals surface area contributed by atoms with E-state index in [4.69, 9.17) is 4.74 Å². The number of carbonyl (C=O) groups excluding carboxylic acids is 1. The summed E-state index contributed by atoms with van der Waals surface area (Å²) in [5, 5.41) is 1.75. The maximum Gasteiger partial charge on any atom is 0.422 e. The van der Waals surface area contributed by atoms with Crippen LogP contribution >= 0.6 is 0 Å². The van der Waals surface area contributed by atoms with Gasteiger partial charge in [-0.15, -0.1) is 6.58 Å². The highest BCUT2D eigenvalue weighted by atomic mass is 16.6. The first kappa shape index (κ1) is 15.0. The number of hydrogen-bond acceptors (Lipinski definition) is 3. The Bertz CT molecular complexity index is 222. The summed E-state index contributed by atoms with van der Waals surface area (Å²) in [5.74, 6) is 0. The number of hydrazine groups is 1. The Labute approximate surface area is 98.6 Å². The van der Waals surface area contributed by atoms with Crippen LogP contribution in [0.1, 0.15) is 40.0 Å². The molecule has 94 valence electrons. The van der Waals surface area contributed by atoms with Crippen molar-refractivity contribution in [1.82, 2.24) is 10.4 Å². The fraction of sp³-hybridized carbons (Fsp3) is 0.750. The van der Waals surface area contributed by atoms with Gasteiger partial charge in [-0.25, -0.2) is 9.80 Å². The molecular weight excluding hydrogens is 204 g/mol. The Morgan fingerprint density at radius 1 is 1.44 bits per heavy atom. The third kappa shape index (κ3) is 9.52. The molecule has 0 aliphatic carbocycles. The molecule has 0 bridgehead atoms. The monoisotopic (exact) mass is 228 g/mol. The summed E-state index contributed by atoms with van der Waals surface area (Å²) in [6, 6.07) is 0. The second-order valence-corrected chi connectivity index (χ2v) is 4.82. The lowest BCUT2D eigenvalue weighted by molar-refractivity contribution is 0.0367. The lowest BCUT2D eigenvalue weighted by Crippen LogP contribution is -2.42. The van der Waals surface area contributed by atoms with Crippen LogP contribution in [-0.4, -0.2) is 30.3 Å². The first-order valence-electron chi connectivity index (χ1n) is 5.67. The van der Waals surface area contributed by atoms with Crippen LogP contribution in [0.2, 0.25) is 0 Å². The molecule has 0 radical (unpaired) electrons. The molecule has 4 nitrogen and oxygen atoms in total. The largest absolute Gasteiger partial charge is 0.443 e. The van der Waals surface area contributed by atoms with Gasteiger partial charge in [0, 0.05) is 13.6 Å². The van der Waals surface area contributed by atoms with Crippen molar-refractivity contribution in [2.75, 3.05) is 13.6 Å². The van der Waals surface area contributed by atoms with Crippen LogP contribution in [0.15, 0.2) is 12.7 Å². The molecule has 0 saturated carbocycles. The molecule has 1 N–H and O–H groups in total. The number of rotatable bonds is 6. The predicted molar refractivity (Wildman–Crippen MR) is 66.0 cm³/mol. The van der Waals surface area contributed by atoms with Crippen molar-refractivity contribution in [2.45, 2.75) is 45.6 Å². The molecular formula is C12H24N2O2. The van der Waals surface area contributed by atoms with E-state index in [0.29, 0.717) is 0 Å². The minimum Gasteiger partial charge on any atom is -0.443 e. The summed E-state index contributed by atoms with van der Waals surface area (Å²) in [4.78, 5) is 11.4. The number of hydrogen-bond donors (Lipinski definition) is 1. The molecule has 0 aromatic heterocycles. The zero-order valence-corrected chi connectivity index (χ0v) is 10.9. The van der Waals surface area contributed by atoms with Gasteiger partial charge in [-0.3, -0.25) is 5.43 Å². The highest BCUT2D eigenvalue weighted by molar-refractivity contribution is 5.66. The third-order valence-electron chi connectivity index (χ3n) is 1.83. The average molecular weight is 228 g/mol. The number of unbranched alkanes of at least 4 members (excludes halogenated alkanes) is 2. The number of nitrogens with zero attached hydrogens (tertiary/aromatic N) is 1. The Morgan fingerprint density at radius 3 is 2.56 bits per heavy atom. The maximum absolute atomic E-state index is 11.4. The minimum absolute atomic E-state index is 0.404. The molecule has 0 saturated heterocycles. The second-order valence-electron chi connectivity index (χ2n) is 4.82. The average Bonchev–Trinajstić information content (AvgIpc) is 2.09. The smallest absolute Gasteiger partial charge is 0.422 e. The highest BCUT2D eigenvalue weighted by Gasteiger charge is 2.16. The van der Waals surface area contributed by atoms with Crippen molar-refractivity contribution in [3.63, 3.8) is 0 Å². The van der Waals surface area contributed by atoms with Crippen LogP contribution in [0.5, 0.6) is 0 Å². The Kier molecular flexibility index (Phi) is 6.81. The van der Waals surface area contributed by atoms with Gasteiger partial charge in [0.25, 0.3) is 0 Å². The third-order valence-corrected chi connectivity index (χ3v) is 1.83. The SMILES string of the molecule is C=CCCCCN(C)NC(=O)OC(C)(C)C. The van der Waals surface area contributed by atoms with E-state index in [1.54, 1.807) is 5.01 Å². The highest BCUT2D eigenvalue weighted by Crippen LogP contribution is 2.06. The molecule has 16 heavy (non-hydrogen) atoms. The van der Waals surface area contributed by atoms with Gasteiger partial charge in [-0.05, 0) is 40.0 Å².